The fraction of sp³-hybridized carbons (Fsp3) is 0.250. The quantitative estimate of drug-likeness (QED) is 0.706. The lowest BCUT2D eigenvalue weighted by Crippen LogP contribution is -2.05. The summed E-state index contributed by atoms with van der Waals surface area (Å²) in [5.74, 6) is -0.178. The van der Waals surface area contributed by atoms with Gasteiger partial charge in [-0.25, -0.2) is 14.8 Å². The summed E-state index contributed by atoms with van der Waals surface area (Å²) in [7, 11) is 0. The summed E-state index contributed by atoms with van der Waals surface area (Å²) in [6, 6.07) is 0. The second kappa shape index (κ2) is 4.71. The minimum absolute atomic E-state index is 0.224. The molecule has 0 fully saturated rings. The van der Waals surface area contributed by atoms with Crippen LogP contribution in [0.5, 0.6) is 0 Å². The zero-order valence-electron chi connectivity index (χ0n) is 8.17. The van der Waals surface area contributed by atoms with Gasteiger partial charge in [-0.1, -0.05) is 11.3 Å². The summed E-state index contributed by atoms with van der Waals surface area (Å²) in [6.07, 6.45) is 3.47. The van der Waals surface area contributed by atoms with E-state index in [0.717, 1.165) is 17.2 Å². The highest BCUT2D eigenvalue weighted by atomic mass is 32.1. The van der Waals surface area contributed by atoms with E-state index in [9.17, 15) is 4.79 Å². The molecule has 0 aliphatic heterocycles. The van der Waals surface area contributed by atoms with Crippen molar-refractivity contribution in [3.8, 4) is 0 Å². The van der Waals surface area contributed by atoms with Crippen LogP contribution in [0.15, 0.2) is 12.5 Å². The highest BCUT2D eigenvalue weighted by molar-refractivity contribution is 7.17. The molecule has 0 amide bonds. The van der Waals surface area contributed by atoms with Gasteiger partial charge in [-0.3, -0.25) is 5.10 Å². The molecule has 16 heavy (non-hydrogen) atoms. The number of H-pyrrole nitrogens is 1. The molecular formula is C8H9N5O2S. The summed E-state index contributed by atoms with van der Waals surface area (Å²) in [5.41, 5.74) is 0. The van der Waals surface area contributed by atoms with Crippen LogP contribution in [0, 0.1) is 0 Å². The number of aromatic nitrogens is 4. The first-order valence-electron chi connectivity index (χ1n) is 4.53. The molecule has 3 N–H and O–H groups in total. The third kappa shape index (κ3) is 2.54. The molecule has 0 unspecified atom stereocenters. The number of carbonyl (C=O) groups is 1. The summed E-state index contributed by atoms with van der Waals surface area (Å²) >= 11 is 1.11. The van der Waals surface area contributed by atoms with Gasteiger partial charge in [0.25, 0.3) is 0 Å². The molecule has 7 nitrogen and oxygen atoms in total. The number of thiazole rings is 1. The zero-order valence-corrected chi connectivity index (χ0v) is 8.99. The first-order chi connectivity index (χ1) is 7.75. The normalized spacial score (nSPS) is 10.2. The Balaban J connectivity index is 1.83. The number of aromatic amines is 1. The van der Waals surface area contributed by atoms with Crippen molar-refractivity contribution >= 4 is 22.4 Å². The molecule has 0 atom stereocenters. The molecule has 0 saturated carbocycles. The maximum Gasteiger partial charge on any atom is 0.347 e. The van der Waals surface area contributed by atoms with Crippen molar-refractivity contribution in [2.45, 2.75) is 6.42 Å². The van der Waals surface area contributed by atoms with E-state index < -0.39 is 5.97 Å². The number of hydrogen-bond donors (Lipinski definition) is 3. The molecule has 0 radical (unpaired) electrons. The average Bonchev–Trinajstić information content (AvgIpc) is 2.87. The maximum atomic E-state index is 10.6. The third-order valence-electron chi connectivity index (χ3n) is 1.82. The van der Waals surface area contributed by atoms with Crippen molar-refractivity contribution in [1.82, 2.24) is 20.2 Å². The Hall–Kier alpha value is -1.96. The second-order valence-corrected chi connectivity index (χ2v) is 3.97. The summed E-state index contributed by atoms with van der Waals surface area (Å²) < 4.78 is 0. The van der Waals surface area contributed by atoms with Crippen molar-refractivity contribution in [2.24, 2.45) is 0 Å². The molecule has 0 aliphatic rings. The van der Waals surface area contributed by atoms with Crippen molar-refractivity contribution < 1.29 is 9.90 Å². The van der Waals surface area contributed by atoms with Crippen LogP contribution in [0.2, 0.25) is 0 Å². The van der Waals surface area contributed by atoms with Gasteiger partial charge in [0.1, 0.15) is 17.0 Å². The highest BCUT2D eigenvalue weighted by Crippen LogP contribution is 2.17. The lowest BCUT2D eigenvalue weighted by molar-refractivity contribution is 0.0702. The molecule has 8 heteroatoms. The molecule has 2 heterocycles. The van der Waals surface area contributed by atoms with E-state index >= 15 is 0 Å². The van der Waals surface area contributed by atoms with E-state index in [1.807, 2.05) is 0 Å². The van der Waals surface area contributed by atoms with Crippen molar-refractivity contribution in [2.75, 3.05) is 11.9 Å². The number of nitrogens with zero attached hydrogens (tertiary/aromatic N) is 3. The predicted octanol–water partition coefficient (Wildman–Crippen LogP) is 0.614. The molecule has 0 aromatic carbocycles. The Bertz CT molecular complexity index is 466. The Labute approximate surface area is 94.6 Å². The lowest BCUT2D eigenvalue weighted by Gasteiger charge is -1.98. The molecule has 2 aromatic rings. The van der Waals surface area contributed by atoms with Crippen LogP contribution in [-0.4, -0.2) is 37.8 Å². The summed E-state index contributed by atoms with van der Waals surface area (Å²) in [6.45, 7) is 0.627. The van der Waals surface area contributed by atoms with Crippen LogP contribution in [-0.2, 0) is 6.42 Å². The third-order valence-corrected chi connectivity index (χ3v) is 2.76. The molecule has 0 aliphatic carbocycles. The SMILES string of the molecule is O=C(O)c1cnc(NCCc2ncn[nH]2)s1. The number of carboxylic acids is 1. The van der Waals surface area contributed by atoms with E-state index in [0.29, 0.717) is 18.1 Å². The first-order valence-corrected chi connectivity index (χ1v) is 5.34. The van der Waals surface area contributed by atoms with Gasteiger partial charge >= 0.3 is 5.97 Å². The molecule has 2 rings (SSSR count). The fourth-order valence-corrected chi connectivity index (χ4v) is 1.77. The summed E-state index contributed by atoms with van der Waals surface area (Å²) in [5, 5.41) is 18.8. The largest absolute Gasteiger partial charge is 0.477 e. The van der Waals surface area contributed by atoms with Gasteiger partial charge < -0.3 is 10.4 Å². The zero-order chi connectivity index (χ0) is 11.4. The van der Waals surface area contributed by atoms with Crippen molar-refractivity contribution in [3.63, 3.8) is 0 Å². The number of carboxylic acid groups (broad SMARTS) is 1. The lowest BCUT2D eigenvalue weighted by atomic mass is 10.4. The van der Waals surface area contributed by atoms with Gasteiger partial charge in [0.05, 0.1) is 6.20 Å². The van der Waals surface area contributed by atoms with Crippen LogP contribution >= 0.6 is 11.3 Å². The number of anilines is 1. The van der Waals surface area contributed by atoms with Gasteiger partial charge in [-0.2, -0.15) is 5.10 Å². The molecule has 0 spiro atoms. The standard InChI is InChI=1S/C8H9N5O2S/c14-7(15)5-3-10-8(16-5)9-2-1-6-11-4-12-13-6/h3-4H,1-2H2,(H,9,10)(H,14,15)(H,11,12,13). The summed E-state index contributed by atoms with van der Waals surface area (Å²) in [4.78, 5) is 18.7. The van der Waals surface area contributed by atoms with Gasteiger partial charge in [-0.15, -0.1) is 0 Å². The van der Waals surface area contributed by atoms with Gasteiger partial charge in [-0.05, 0) is 0 Å². The van der Waals surface area contributed by atoms with Crippen molar-refractivity contribution in [1.29, 1.82) is 0 Å². The van der Waals surface area contributed by atoms with E-state index in [1.165, 1.54) is 12.5 Å². The number of rotatable bonds is 5. The van der Waals surface area contributed by atoms with E-state index in [1.54, 1.807) is 0 Å². The van der Waals surface area contributed by atoms with Gasteiger partial charge in [0.15, 0.2) is 5.13 Å². The smallest absolute Gasteiger partial charge is 0.347 e. The van der Waals surface area contributed by atoms with Crippen LogP contribution in [0.3, 0.4) is 0 Å². The topological polar surface area (TPSA) is 104 Å². The molecule has 0 saturated heterocycles. The van der Waals surface area contributed by atoms with Crippen LogP contribution in [0.25, 0.3) is 0 Å². The average molecular weight is 239 g/mol. The van der Waals surface area contributed by atoms with Crippen molar-refractivity contribution in [3.05, 3.63) is 23.2 Å². The van der Waals surface area contributed by atoms with Crippen LogP contribution in [0.4, 0.5) is 5.13 Å². The number of nitrogens with one attached hydrogen (secondary N) is 2. The minimum Gasteiger partial charge on any atom is -0.477 e. The van der Waals surface area contributed by atoms with Crippen LogP contribution < -0.4 is 5.32 Å². The number of aromatic carboxylic acids is 1. The Morgan fingerprint density at radius 1 is 1.56 bits per heavy atom. The van der Waals surface area contributed by atoms with E-state index in [-0.39, 0.29) is 4.88 Å². The molecule has 0 bridgehead atoms. The Morgan fingerprint density at radius 2 is 2.44 bits per heavy atom. The predicted molar refractivity (Wildman–Crippen MR) is 57.6 cm³/mol. The maximum absolute atomic E-state index is 10.6. The minimum atomic E-state index is -0.958. The molecular weight excluding hydrogens is 230 g/mol. The van der Waals surface area contributed by atoms with Crippen LogP contribution in [0.1, 0.15) is 15.5 Å². The Kier molecular flexibility index (Phi) is 3.10. The van der Waals surface area contributed by atoms with Gasteiger partial charge in [0.2, 0.25) is 0 Å². The second-order valence-electron chi connectivity index (χ2n) is 2.94. The van der Waals surface area contributed by atoms with Gasteiger partial charge in [0, 0.05) is 13.0 Å². The highest BCUT2D eigenvalue weighted by Gasteiger charge is 2.07. The monoisotopic (exact) mass is 239 g/mol. The first kappa shape index (κ1) is 10.6. The fourth-order valence-electron chi connectivity index (χ4n) is 1.09. The molecule has 84 valence electrons. The number of hydrogen-bond acceptors (Lipinski definition) is 6. The Morgan fingerprint density at radius 3 is 3.06 bits per heavy atom. The van der Waals surface area contributed by atoms with E-state index in [4.69, 9.17) is 5.11 Å². The molecule has 2 aromatic heterocycles. The van der Waals surface area contributed by atoms with E-state index in [2.05, 4.69) is 25.5 Å².